The lowest BCUT2D eigenvalue weighted by molar-refractivity contribution is 0.222. The first-order chi connectivity index (χ1) is 7.63. The molecule has 0 aromatic heterocycles. The van der Waals surface area contributed by atoms with Crippen LogP contribution in [0.3, 0.4) is 0 Å². The number of rotatable bonds is 7. The maximum Gasteiger partial charge on any atom is 0.0218 e. The van der Waals surface area contributed by atoms with Gasteiger partial charge in [0.2, 0.25) is 0 Å². The van der Waals surface area contributed by atoms with E-state index in [4.69, 9.17) is 0 Å². The van der Waals surface area contributed by atoms with E-state index in [0.29, 0.717) is 6.04 Å². The zero-order valence-electron chi connectivity index (χ0n) is 11.6. The van der Waals surface area contributed by atoms with Gasteiger partial charge in [0.15, 0.2) is 0 Å². The molecule has 1 heterocycles. The van der Waals surface area contributed by atoms with Crippen LogP contribution in [-0.2, 0) is 0 Å². The average molecular weight is 226 g/mol. The molecule has 0 bridgehead atoms. The smallest absolute Gasteiger partial charge is 0.0218 e. The SMILES string of the molecule is CCC(CNC(C)CC(C)C)N1CCCC1. The first kappa shape index (κ1) is 14.0. The Labute approximate surface area is 102 Å². The molecule has 0 aromatic carbocycles. The van der Waals surface area contributed by atoms with E-state index >= 15 is 0 Å². The van der Waals surface area contributed by atoms with Crippen LogP contribution < -0.4 is 5.32 Å². The number of hydrogen-bond donors (Lipinski definition) is 1. The highest BCUT2D eigenvalue weighted by Crippen LogP contribution is 2.14. The minimum absolute atomic E-state index is 0.664. The highest BCUT2D eigenvalue weighted by molar-refractivity contribution is 4.78. The maximum atomic E-state index is 3.70. The summed E-state index contributed by atoms with van der Waals surface area (Å²) < 4.78 is 0. The summed E-state index contributed by atoms with van der Waals surface area (Å²) in [6.45, 7) is 13.0. The summed E-state index contributed by atoms with van der Waals surface area (Å²) in [6.07, 6.45) is 5.37. The molecule has 0 spiro atoms. The van der Waals surface area contributed by atoms with E-state index in [0.717, 1.165) is 12.0 Å². The van der Waals surface area contributed by atoms with Gasteiger partial charge in [-0.15, -0.1) is 0 Å². The Morgan fingerprint density at radius 1 is 1.12 bits per heavy atom. The molecule has 1 aliphatic heterocycles. The van der Waals surface area contributed by atoms with Crippen LogP contribution in [0.4, 0.5) is 0 Å². The van der Waals surface area contributed by atoms with Crippen molar-refractivity contribution < 1.29 is 0 Å². The standard InChI is InChI=1S/C14H30N2/c1-5-14(16-8-6-7-9-16)11-15-13(4)10-12(2)3/h12-15H,5-11H2,1-4H3. The van der Waals surface area contributed by atoms with Crippen molar-refractivity contribution in [3.05, 3.63) is 0 Å². The average Bonchev–Trinajstić information content (AvgIpc) is 2.71. The first-order valence-corrected chi connectivity index (χ1v) is 7.11. The second-order valence-corrected chi connectivity index (χ2v) is 5.74. The quantitative estimate of drug-likeness (QED) is 0.718. The Bertz CT molecular complexity index is 174. The summed E-state index contributed by atoms with van der Waals surface area (Å²) in [5, 5.41) is 3.70. The Morgan fingerprint density at radius 3 is 2.25 bits per heavy atom. The molecule has 0 aliphatic carbocycles. The predicted octanol–water partition coefficient (Wildman–Crippen LogP) is 2.89. The molecule has 2 heteroatoms. The van der Waals surface area contributed by atoms with Crippen molar-refractivity contribution >= 4 is 0 Å². The van der Waals surface area contributed by atoms with Gasteiger partial charge in [-0.2, -0.15) is 0 Å². The lowest BCUT2D eigenvalue weighted by Crippen LogP contribution is -2.43. The fourth-order valence-electron chi connectivity index (χ4n) is 2.77. The topological polar surface area (TPSA) is 15.3 Å². The van der Waals surface area contributed by atoms with Gasteiger partial charge in [-0.3, -0.25) is 4.90 Å². The van der Waals surface area contributed by atoms with E-state index in [2.05, 4.69) is 37.9 Å². The van der Waals surface area contributed by atoms with Crippen molar-refractivity contribution in [2.24, 2.45) is 5.92 Å². The van der Waals surface area contributed by atoms with Crippen molar-refractivity contribution in [1.29, 1.82) is 0 Å². The van der Waals surface area contributed by atoms with Crippen molar-refractivity contribution in [1.82, 2.24) is 10.2 Å². The van der Waals surface area contributed by atoms with Crippen LogP contribution in [0.25, 0.3) is 0 Å². The third-order valence-corrected chi connectivity index (χ3v) is 3.66. The van der Waals surface area contributed by atoms with Gasteiger partial charge in [0.25, 0.3) is 0 Å². The number of nitrogens with zero attached hydrogens (tertiary/aromatic N) is 1. The summed E-state index contributed by atoms with van der Waals surface area (Å²) in [6, 6.07) is 1.42. The van der Waals surface area contributed by atoms with Gasteiger partial charge in [0.05, 0.1) is 0 Å². The fraction of sp³-hybridized carbons (Fsp3) is 1.00. The third kappa shape index (κ3) is 4.84. The van der Waals surface area contributed by atoms with Gasteiger partial charge in [0, 0.05) is 18.6 Å². The summed E-state index contributed by atoms with van der Waals surface area (Å²) in [4.78, 5) is 2.66. The van der Waals surface area contributed by atoms with Crippen LogP contribution in [0, 0.1) is 5.92 Å². The van der Waals surface area contributed by atoms with Gasteiger partial charge in [0.1, 0.15) is 0 Å². The van der Waals surface area contributed by atoms with Crippen molar-refractivity contribution in [3.63, 3.8) is 0 Å². The Hall–Kier alpha value is -0.0800. The molecule has 0 amide bonds. The third-order valence-electron chi connectivity index (χ3n) is 3.66. The minimum Gasteiger partial charge on any atom is -0.313 e. The van der Waals surface area contributed by atoms with Crippen molar-refractivity contribution in [2.45, 2.75) is 65.5 Å². The van der Waals surface area contributed by atoms with E-state index in [1.807, 2.05) is 0 Å². The van der Waals surface area contributed by atoms with Gasteiger partial charge >= 0.3 is 0 Å². The van der Waals surface area contributed by atoms with Crippen molar-refractivity contribution in [2.75, 3.05) is 19.6 Å². The second kappa shape index (κ2) is 7.29. The van der Waals surface area contributed by atoms with Crippen LogP contribution in [0.15, 0.2) is 0 Å². The first-order valence-electron chi connectivity index (χ1n) is 7.11. The predicted molar refractivity (Wildman–Crippen MR) is 71.8 cm³/mol. The molecule has 0 aromatic rings. The molecule has 1 saturated heterocycles. The van der Waals surface area contributed by atoms with Crippen LogP contribution in [-0.4, -0.2) is 36.6 Å². The summed E-state index contributed by atoms with van der Waals surface area (Å²) in [7, 11) is 0. The molecular formula is C14H30N2. The number of nitrogens with one attached hydrogen (secondary N) is 1. The normalized spacial score (nSPS) is 21.6. The fourth-order valence-corrected chi connectivity index (χ4v) is 2.77. The molecule has 1 aliphatic rings. The molecule has 2 atom stereocenters. The molecule has 96 valence electrons. The number of hydrogen-bond acceptors (Lipinski definition) is 2. The molecule has 2 nitrogen and oxygen atoms in total. The molecule has 1 rings (SSSR count). The largest absolute Gasteiger partial charge is 0.313 e. The monoisotopic (exact) mass is 226 g/mol. The molecule has 1 N–H and O–H groups in total. The molecular weight excluding hydrogens is 196 g/mol. The van der Waals surface area contributed by atoms with E-state index in [1.54, 1.807) is 0 Å². The summed E-state index contributed by atoms with van der Waals surface area (Å²) in [5.41, 5.74) is 0. The van der Waals surface area contributed by atoms with E-state index in [1.165, 1.54) is 45.3 Å². The van der Waals surface area contributed by atoms with Crippen LogP contribution in [0.1, 0.15) is 53.4 Å². The Balaban J connectivity index is 2.22. The van der Waals surface area contributed by atoms with Gasteiger partial charge in [-0.1, -0.05) is 20.8 Å². The zero-order valence-corrected chi connectivity index (χ0v) is 11.6. The summed E-state index contributed by atoms with van der Waals surface area (Å²) in [5.74, 6) is 0.800. The van der Waals surface area contributed by atoms with Crippen LogP contribution >= 0.6 is 0 Å². The van der Waals surface area contributed by atoms with Crippen LogP contribution in [0.2, 0.25) is 0 Å². The highest BCUT2D eigenvalue weighted by atomic mass is 15.2. The zero-order chi connectivity index (χ0) is 12.0. The van der Waals surface area contributed by atoms with Crippen LogP contribution in [0.5, 0.6) is 0 Å². The number of likely N-dealkylation sites (tertiary alicyclic amines) is 1. The van der Waals surface area contributed by atoms with Gasteiger partial charge in [-0.25, -0.2) is 0 Å². The van der Waals surface area contributed by atoms with E-state index < -0.39 is 0 Å². The molecule has 2 unspecified atom stereocenters. The molecule has 0 saturated carbocycles. The summed E-state index contributed by atoms with van der Waals surface area (Å²) >= 11 is 0. The highest BCUT2D eigenvalue weighted by Gasteiger charge is 2.20. The molecule has 1 fully saturated rings. The maximum absolute atomic E-state index is 3.70. The lowest BCUT2D eigenvalue weighted by Gasteiger charge is -2.28. The van der Waals surface area contributed by atoms with E-state index in [-0.39, 0.29) is 0 Å². The Kier molecular flexibility index (Phi) is 6.37. The van der Waals surface area contributed by atoms with Gasteiger partial charge in [-0.05, 0) is 51.6 Å². The lowest BCUT2D eigenvalue weighted by atomic mass is 10.0. The van der Waals surface area contributed by atoms with Gasteiger partial charge < -0.3 is 5.32 Å². The minimum atomic E-state index is 0.664. The molecule has 16 heavy (non-hydrogen) atoms. The molecule has 0 radical (unpaired) electrons. The van der Waals surface area contributed by atoms with E-state index in [9.17, 15) is 0 Å². The van der Waals surface area contributed by atoms with Crippen molar-refractivity contribution in [3.8, 4) is 0 Å². The second-order valence-electron chi connectivity index (χ2n) is 5.74. The Morgan fingerprint density at radius 2 is 1.75 bits per heavy atom.